The molecule has 0 aliphatic carbocycles. The summed E-state index contributed by atoms with van der Waals surface area (Å²) in [6, 6.07) is 13.9. The fourth-order valence-corrected chi connectivity index (χ4v) is 3.03. The Morgan fingerprint density at radius 1 is 1.00 bits per heavy atom. The summed E-state index contributed by atoms with van der Waals surface area (Å²) in [5.74, 6) is 0.848. The van der Waals surface area contributed by atoms with E-state index in [-0.39, 0.29) is 11.6 Å². The summed E-state index contributed by atoms with van der Waals surface area (Å²) >= 11 is 0. The minimum atomic E-state index is -0.659. The average molecular weight is 409 g/mol. The van der Waals surface area contributed by atoms with Gasteiger partial charge in [-0.25, -0.2) is 4.79 Å². The van der Waals surface area contributed by atoms with E-state index >= 15 is 0 Å². The number of carbonyl (C=O) groups is 1. The molecule has 1 aromatic heterocycles. The highest BCUT2D eigenvalue weighted by Crippen LogP contribution is 2.31. The van der Waals surface area contributed by atoms with Gasteiger partial charge in [0.1, 0.15) is 11.1 Å². The molecule has 3 rings (SSSR count). The van der Waals surface area contributed by atoms with Crippen LogP contribution in [0.5, 0.6) is 11.5 Å². The number of hydrogen-bond donors (Lipinski definition) is 1. The molecule has 3 aromatic rings. The van der Waals surface area contributed by atoms with Crippen molar-refractivity contribution in [1.29, 1.82) is 0 Å². The molecule has 2 aromatic carbocycles. The summed E-state index contributed by atoms with van der Waals surface area (Å²) in [6.07, 6.45) is 1.78. The molecule has 0 radical (unpaired) electrons. The Hall–Kier alpha value is -3.28. The normalized spacial score (nSPS) is 11.8. The monoisotopic (exact) mass is 409 g/mol. The van der Waals surface area contributed by atoms with Crippen molar-refractivity contribution >= 4 is 16.9 Å². The smallest absolute Gasteiger partial charge is 0.349 e. The van der Waals surface area contributed by atoms with Gasteiger partial charge in [-0.3, -0.25) is 4.79 Å². The Morgan fingerprint density at radius 2 is 1.70 bits per heavy atom. The summed E-state index contributed by atoms with van der Waals surface area (Å²) in [6.45, 7) is 7.11. The molecule has 6 nitrogen and oxygen atoms in total. The van der Waals surface area contributed by atoms with Crippen molar-refractivity contribution in [2.75, 3.05) is 13.2 Å². The molecule has 0 saturated heterocycles. The first-order chi connectivity index (χ1) is 14.5. The van der Waals surface area contributed by atoms with Gasteiger partial charge in [-0.1, -0.05) is 38.1 Å². The largest absolute Gasteiger partial charge is 0.490 e. The molecule has 1 atom stereocenters. The molecule has 0 aliphatic rings. The Morgan fingerprint density at radius 3 is 2.43 bits per heavy atom. The van der Waals surface area contributed by atoms with Gasteiger partial charge in [0.2, 0.25) is 0 Å². The number of hydrogen-bond acceptors (Lipinski definition) is 5. The third-order valence-corrected chi connectivity index (χ3v) is 4.62. The second kappa shape index (κ2) is 9.96. The molecule has 0 saturated carbocycles. The number of nitrogens with one attached hydrogen (secondary N) is 1. The van der Waals surface area contributed by atoms with Crippen molar-refractivity contribution in [3.05, 3.63) is 70.1 Å². The van der Waals surface area contributed by atoms with E-state index in [1.54, 1.807) is 24.3 Å². The lowest BCUT2D eigenvalue weighted by molar-refractivity contribution is 0.0936. The van der Waals surface area contributed by atoms with Crippen LogP contribution in [-0.4, -0.2) is 19.1 Å². The van der Waals surface area contributed by atoms with Gasteiger partial charge in [-0.15, -0.1) is 0 Å². The fourth-order valence-electron chi connectivity index (χ4n) is 3.03. The standard InChI is InChI=1S/C24H27NO5/c1-4-12-28-21-11-10-17(15-22(21)29-13-5-2)16(3)25-23(26)19-14-18-8-6-7-9-20(18)30-24(19)27/h6-11,14-16H,4-5,12-13H2,1-3H3,(H,25,26)/t16-/m1/s1. The maximum absolute atomic E-state index is 12.7. The van der Waals surface area contributed by atoms with Crippen molar-refractivity contribution in [3.8, 4) is 11.5 Å². The second-order valence-electron chi connectivity index (χ2n) is 7.08. The minimum Gasteiger partial charge on any atom is -0.490 e. The molecule has 30 heavy (non-hydrogen) atoms. The molecule has 158 valence electrons. The molecule has 1 N–H and O–H groups in total. The SMILES string of the molecule is CCCOc1ccc([C@@H](C)NC(=O)c2cc3ccccc3oc2=O)cc1OCCC. The van der Waals surface area contributed by atoms with E-state index in [0.29, 0.717) is 35.7 Å². The maximum atomic E-state index is 12.7. The topological polar surface area (TPSA) is 77.8 Å². The predicted octanol–water partition coefficient (Wildman–Crippen LogP) is 4.86. The first-order valence-corrected chi connectivity index (χ1v) is 10.3. The predicted molar refractivity (Wildman–Crippen MR) is 116 cm³/mol. The van der Waals surface area contributed by atoms with Crippen LogP contribution in [0.1, 0.15) is 55.6 Å². The first-order valence-electron chi connectivity index (χ1n) is 10.3. The Labute approximate surface area is 175 Å². The molecule has 0 bridgehead atoms. The highest BCUT2D eigenvalue weighted by atomic mass is 16.5. The fraction of sp³-hybridized carbons (Fsp3) is 0.333. The maximum Gasteiger partial charge on any atom is 0.349 e. The molecule has 0 fully saturated rings. The van der Waals surface area contributed by atoms with E-state index in [1.807, 2.05) is 45.0 Å². The van der Waals surface area contributed by atoms with Gasteiger partial charge in [0.05, 0.1) is 19.3 Å². The van der Waals surface area contributed by atoms with Crippen LogP contribution < -0.4 is 20.4 Å². The van der Waals surface area contributed by atoms with Crippen LogP contribution in [0.15, 0.2) is 57.7 Å². The number of benzene rings is 2. The third-order valence-electron chi connectivity index (χ3n) is 4.62. The zero-order valence-corrected chi connectivity index (χ0v) is 17.6. The van der Waals surface area contributed by atoms with Crippen molar-refractivity contribution in [1.82, 2.24) is 5.32 Å². The van der Waals surface area contributed by atoms with Gasteiger partial charge in [-0.05, 0) is 49.6 Å². The van der Waals surface area contributed by atoms with E-state index in [1.165, 1.54) is 0 Å². The van der Waals surface area contributed by atoms with Crippen LogP contribution in [0, 0.1) is 0 Å². The molecule has 0 spiro atoms. The Balaban J connectivity index is 1.81. The number of fused-ring (bicyclic) bond motifs is 1. The van der Waals surface area contributed by atoms with E-state index in [0.717, 1.165) is 18.4 Å². The van der Waals surface area contributed by atoms with Gasteiger partial charge in [0.25, 0.3) is 5.91 Å². The van der Waals surface area contributed by atoms with Crippen LogP contribution in [0.25, 0.3) is 11.0 Å². The second-order valence-corrected chi connectivity index (χ2v) is 7.08. The quantitative estimate of drug-likeness (QED) is 0.511. The minimum absolute atomic E-state index is 0.0223. The number of carbonyl (C=O) groups excluding carboxylic acids is 1. The van der Waals surface area contributed by atoms with Crippen LogP contribution in [0.3, 0.4) is 0 Å². The zero-order valence-electron chi connectivity index (χ0n) is 17.6. The Kier molecular flexibility index (Phi) is 7.12. The van der Waals surface area contributed by atoms with Crippen LogP contribution in [0.4, 0.5) is 0 Å². The highest BCUT2D eigenvalue weighted by molar-refractivity contribution is 5.96. The Bertz CT molecular complexity index is 1070. The highest BCUT2D eigenvalue weighted by Gasteiger charge is 2.18. The first kappa shape index (κ1) is 21.4. The van der Waals surface area contributed by atoms with Gasteiger partial charge in [0, 0.05) is 5.39 Å². The van der Waals surface area contributed by atoms with Gasteiger partial charge in [0.15, 0.2) is 11.5 Å². The molecule has 0 unspecified atom stereocenters. The molecule has 0 aliphatic heterocycles. The van der Waals surface area contributed by atoms with Crippen LogP contribution >= 0.6 is 0 Å². The molecular formula is C24H27NO5. The molecule has 6 heteroatoms. The van der Waals surface area contributed by atoms with E-state index in [4.69, 9.17) is 13.9 Å². The summed E-state index contributed by atoms with van der Waals surface area (Å²) < 4.78 is 16.9. The number of amides is 1. The average Bonchev–Trinajstić information content (AvgIpc) is 2.75. The number of ether oxygens (including phenoxy) is 2. The third kappa shape index (κ3) is 5.00. The van der Waals surface area contributed by atoms with Crippen molar-refractivity contribution < 1.29 is 18.7 Å². The zero-order chi connectivity index (χ0) is 21.5. The van der Waals surface area contributed by atoms with Crippen molar-refractivity contribution in [3.63, 3.8) is 0 Å². The van der Waals surface area contributed by atoms with E-state index in [2.05, 4.69) is 5.32 Å². The number of rotatable bonds is 9. The molecule has 1 amide bonds. The van der Waals surface area contributed by atoms with Crippen LogP contribution in [-0.2, 0) is 0 Å². The molecular weight excluding hydrogens is 382 g/mol. The van der Waals surface area contributed by atoms with Crippen molar-refractivity contribution in [2.24, 2.45) is 0 Å². The lowest BCUT2D eigenvalue weighted by atomic mass is 10.1. The lowest BCUT2D eigenvalue weighted by Gasteiger charge is -2.18. The summed E-state index contributed by atoms with van der Waals surface area (Å²) in [5, 5.41) is 3.57. The van der Waals surface area contributed by atoms with Gasteiger partial charge < -0.3 is 19.2 Å². The lowest BCUT2D eigenvalue weighted by Crippen LogP contribution is -2.30. The summed E-state index contributed by atoms with van der Waals surface area (Å²) in [5.41, 5.74) is 0.621. The van der Waals surface area contributed by atoms with Crippen molar-refractivity contribution in [2.45, 2.75) is 39.7 Å². The van der Waals surface area contributed by atoms with Crippen LogP contribution in [0.2, 0.25) is 0 Å². The summed E-state index contributed by atoms with van der Waals surface area (Å²) in [4.78, 5) is 25.0. The summed E-state index contributed by atoms with van der Waals surface area (Å²) in [7, 11) is 0. The van der Waals surface area contributed by atoms with E-state index < -0.39 is 11.5 Å². The molecule has 1 heterocycles. The van der Waals surface area contributed by atoms with E-state index in [9.17, 15) is 9.59 Å². The number of para-hydroxylation sites is 1. The van der Waals surface area contributed by atoms with Gasteiger partial charge >= 0.3 is 5.63 Å². The van der Waals surface area contributed by atoms with Gasteiger partial charge in [-0.2, -0.15) is 0 Å².